The number of amides is 1. The molecule has 0 saturated carbocycles. The van der Waals surface area contributed by atoms with Crippen LogP contribution >= 0.6 is 12.4 Å². The predicted molar refractivity (Wildman–Crippen MR) is 95.0 cm³/mol. The molecule has 3 rings (SSSR count). The molecule has 0 spiro atoms. The van der Waals surface area contributed by atoms with Gasteiger partial charge in [0.05, 0.1) is 11.9 Å². The Labute approximate surface area is 147 Å². The molecule has 130 valence electrons. The van der Waals surface area contributed by atoms with Crippen molar-refractivity contribution in [1.29, 1.82) is 0 Å². The van der Waals surface area contributed by atoms with E-state index in [9.17, 15) is 9.90 Å². The van der Waals surface area contributed by atoms with Crippen LogP contribution in [0.25, 0.3) is 5.69 Å². The lowest BCUT2D eigenvalue weighted by molar-refractivity contribution is 0.0681. The van der Waals surface area contributed by atoms with Gasteiger partial charge in [0.15, 0.2) is 11.4 Å². The number of benzene rings is 1. The first kappa shape index (κ1) is 18.3. The summed E-state index contributed by atoms with van der Waals surface area (Å²) >= 11 is 0. The zero-order chi connectivity index (χ0) is 16.2. The number of rotatable bonds is 4. The molecule has 6 nitrogen and oxygen atoms in total. The molecule has 1 fully saturated rings. The average molecular weight is 351 g/mol. The number of nitrogens with one attached hydrogen (secondary N) is 1. The van der Waals surface area contributed by atoms with Gasteiger partial charge >= 0.3 is 0 Å². The van der Waals surface area contributed by atoms with E-state index < -0.39 is 0 Å². The maximum Gasteiger partial charge on any atom is 0.278 e. The smallest absolute Gasteiger partial charge is 0.278 e. The van der Waals surface area contributed by atoms with E-state index in [0.717, 1.165) is 25.1 Å². The Morgan fingerprint density at radius 3 is 2.58 bits per heavy atom. The first-order chi connectivity index (χ1) is 11.2. The number of carbonyl (C=O) groups excluding carboxylic acids is 1. The fourth-order valence-electron chi connectivity index (χ4n) is 3.01. The topological polar surface area (TPSA) is 70.4 Å². The molecule has 0 radical (unpaired) electrons. The van der Waals surface area contributed by atoms with E-state index in [1.165, 1.54) is 10.9 Å². The highest BCUT2D eigenvalue weighted by atomic mass is 35.5. The standard InChI is InChI=1S/C17H22N4O2.ClH/c1-18-11-13-7-9-20(10-8-13)17(23)16-15(22)12-21(19-16)14-5-3-2-4-6-14;/h2-6,12-13,18,22H,7-11H2,1H3;1H. The van der Waals surface area contributed by atoms with Crippen molar-refractivity contribution in [3.05, 3.63) is 42.2 Å². The van der Waals surface area contributed by atoms with Crippen molar-refractivity contribution in [3.8, 4) is 11.4 Å². The van der Waals surface area contributed by atoms with E-state index in [2.05, 4.69) is 10.4 Å². The van der Waals surface area contributed by atoms with E-state index in [4.69, 9.17) is 0 Å². The lowest BCUT2D eigenvalue weighted by Crippen LogP contribution is -2.40. The summed E-state index contributed by atoms with van der Waals surface area (Å²) in [6, 6.07) is 9.45. The second kappa shape index (κ2) is 8.17. The van der Waals surface area contributed by atoms with Crippen molar-refractivity contribution in [2.75, 3.05) is 26.7 Å². The van der Waals surface area contributed by atoms with Crippen LogP contribution < -0.4 is 5.32 Å². The SMILES string of the molecule is CNCC1CCN(C(=O)c2nn(-c3ccccc3)cc2O)CC1.Cl. The average Bonchev–Trinajstić information content (AvgIpc) is 2.98. The molecule has 1 aromatic heterocycles. The molecular formula is C17H23ClN4O2. The number of likely N-dealkylation sites (tertiary alicyclic amines) is 1. The molecule has 0 unspecified atom stereocenters. The first-order valence-electron chi connectivity index (χ1n) is 7.97. The molecule has 7 heteroatoms. The lowest BCUT2D eigenvalue weighted by atomic mass is 9.96. The van der Waals surface area contributed by atoms with Crippen LogP contribution in [0.3, 0.4) is 0 Å². The molecule has 1 aromatic carbocycles. The van der Waals surface area contributed by atoms with Gasteiger partial charge in [0.2, 0.25) is 0 Å². The van der Waals surface area contributed by atoms with Gasteiger partial charge in [-0.05, 0) is 44.5 Å². The van der Waals surface area contributed by atoms with Crippen LogP contribution in [0.2, 0.25) is 0 Å². The summed E-state index contributed by atoms with van der Waals surface area (Å²) in [5.41, 5.74) is 0.940. The van der Waals surface area contributed by atoms with Crippen molar-refractivity contribution in [3.63, 3.8) is 0 Å². The minimum Gasteiger partial charge on any atom is -0.504 e. The number of carbonyl (C=O) groups is 1. The third-order valence-corrected chi connectivity index (χ3v) is 4.31. The largest absolute Gasteiger partial charge is 0.504 e. The number of hydrogen-bond donors (Lipinski definition) is 2. The van der Waals surface area contributed by atoms with Crippen LogP contribution in [-0.2, 0) is 0 Å². The lowest BCUT2D eigenvalue weighted by Gasteiger charge is -2.31. The monoisotopic (exact) mass is 350 g/mol. The fourth-order valence-corrected chi connectivity index (χ4v) is 3.01. The van der Waals surface area contributed by atoms with E-state index in [1.807, 2.05) is 37.4 Å². The van der Waals surface area contributed by atoms with Crippen LogP contribution in [0.1, 0.15) is 23.3 Å². The number of nitrogens with zero attached hydrogens (tertiary/aromatic N) is 3. The fraction of sp³-hybridized carbons (Fsp3) is 0.412. The van der Waals surface area contributed by atoms with Crippen molar-refractivity contribution < 1.29 is 9.90 Å². The van der Waals surface area contributed by atoms with Crippen LogP contribution in [0.15, 0.2) is 36.5 Å². The second-order valence-electron chi connectivity index (χ2n) is 5.94. The normalized spacial score (nSPS) is 15.1. The molecular weight excluding hydrogens is 328 g/mol. The highest BCUT2D eigenvalue weighted by Gasteiger charge is 2.27. The van der Waals surface area contributed by atoms with E-state index in [-0.39, 0.29) is 29.8 Å². The molecule has 2 N–H and O–H groups in total. The Hall–Kier alpha value is -2.05. The molecule has 0 atom stereocenters. The third-order valence-electron chi connectivity index (χ3n) is 4.31. The van der Waals surface area contributed by atoms with Crippen LogP contribution in [0.4, 0.5) is 0 Å². The summed E-state index contributed by atoms with van der Waals surface area (Å²) in [5, 5.41) is 17.5. The molecule has 2 heterocycles. The summed E-state index contributed by atoms with van der Waals surface area (Å²) in [4.78, 5) is 14.4. The second-order valence-corrected chi connectivity index (χ2v) is 5.94. The van der Waals surface area contributed by atoms with Crippen molar-refractivity contribution in [2.24, 2.45) is 5.92 Å². The molecule has 0 bridgehead atoms. The molecule has 1 amide bonds. The van der Waals surface area contributed by atoms with Gasteiger partial charge in [-0.1, -0.05) is 18.2 Å². The van der Waals surface area contributed by atoms with Crippen molar-refractivity contribution in [2.45, 2.75) is 12.8 Å². The van der Waals surface area contributed by atoms with E-state index in [0.29, 0.717) is 19.0 Å². The van der Waals surface area contributed by atoms with Crippen molar-refractivity contribution in [1.82, 2.24) is 20.0 Å². The summed E-state index contributed by atoms with van der Waals surface area (Å²) in [6.45, 7) is 2.40. The zero-order valence-electron chi connectivity index (χ0n) is 13.7. The Morgan fingerprint density at radius 2 is 1.96 bits per heavy atom. The van der Waals surface area contributed by atoms with E-state index >= 15 is 0 Å². The Morgan fingerprint density at radius 1 is 1.29 bits per heavy atom. The van der Waals surface area contributed by atoms with Crippen molar-refractivity contribution >= 4 is 18.3 Å². The van der Waals surface area contributed by atoms with E-state index in [1.54, 1.807) is 4.90 Å². The summed E-state index contributed by atoms with van der Waals surface area (Å²) in [7, 11) is 1.95. The number of piperidine rings is 1. The maximum absolute atomic E-state index is 12.6. The molecule has 1 saturated heterocycles. The Balaban J connectivity index is 0.00000208. The quantitative estimate of drug-likeness (QED) is 0.885. The summed E-state index contributed by atoms with van der Waals surface area (Å²) < 4.78 is 1.54. The molecule has 2 aromatic rings. The Kier molecular flexibility index (Phi) is 6.23. The molecule has 1 aliphatic rings. The maximum atomic E-state index is 12.6. The van der Waals surface area contributed by atoms with Gasteiger partial charge < -0.3 is 15.3 Å². The zero-order valence-corrected chi connectivity index (χ0v) is 14.5. The van der Waals surface area contributed by atoms with Crippen LogP contribution in [0, 0.1) is 5.92 Å². The molecule has 1 aliphatic heterocycles. The number of aromatic nitrogens is 2. The predicted octanol–water partition coefficient (Wildman–Crippen LogP) is 2.07. The summed E-state index contributed by atoms with van der Waals surface area (Å²) in [5.74, 6) is 0.343. The van der Waals surface area contributed by atoms with Gasteiger partial charge in [-0.25, -0.2) is 4.68 Å². The van der Waals surface area contributed by atoms with Gasteiger partial charge in [-0.3, -0.25) is 4.79 Å². The minimum absolute atomic E-state index is 0. The number of halogens is 1. The van der Waals surface area contributed by atoms with Crippen LogP contribution in [-0.4, -0.2) is 52.4 Å². The Bertz CT molecular complexity index is 666. The number of aromatic hydroxyl groups is 1. The van der Waals surface area contributed by atoms with Crippen LogP contribution in [0.5, 0.6) is 5.75 Å². The molecule has 0 aliphatic carbocycles. The highest BCUT2D eigenvalue weighted by molar-refractivity contribution is 5.94. The van der Waals surface area contributed by atoms with Gasteiger partial charge in [0, 0.05) is 13.1 Å². The van der Waals surface area contributed by atoms with Gasteiger partial charge in [-0.15, -0.1) is 12.4 Å². The minimum atomic E-state index is -0.194. The highest BCUT2D eigenvalue weighted by Crippen LogP contribution is 2.23. The molecule has 24 heavy (non-hydrogen) atoms. The van der Waals surface area contributed by atoms with Gasteiger partial charge in [-0.2, -0.15) is 5.10 Å². The number of hydrogen-bond acceptors (Lipinski definition) is 4. The third kappa shape index (κ3) is 3.88. The first-order valence-corrected chi connectivity index (χ1v) is 7.97. The van der Waals surface area contributed by atoms with Gasteiger partial charge in [0.1, 0.15) is 0 Å². The van der Waals surface area contributed by atoms with Gasteiger partial charge in [0.25, 0.3) is 5.91 Å². The summed E-state index contributed by atoms with van der Waals surface area (Å²) in [6.07, 6.45) is 3.44. The number of para-hydroxylation sites is 1.